The van der Waals surface area contributed by atoms with Gasteiger partial charge in [0.15, 0.2) is 6.61 Å². The highest BCUT2D eigenvalue weighted by Crippen LogP contribution is 2.24. The van der Waals surface area contributed by atoms with E-state index in [0.29, 0.717) is 10.8 Å². The van der Waals surface area contributed by atoms with Crippen LogP contribution in [0.15, 0.2) is 48.5 Å². The van der Waals surface area contributed by atoms with Crippen LogP contribution in [0.5, 0.6) is 5.75 Å². The maximum Gasteiger partial charge on any atom is 0.258 e. The Morgan fingerprint density at radius 3 is 2.59 bits per heavy atom. The predicted octanol–water partition coefficient (Wildman–Crippen LogP) is 4.83. The van der Waals surface area contributed by atoms with Crippen LogP contribution in [-0.4, -0.2) is 25.6 Å². The van der Waals surface area contributed by atoms with Crippen LogP contribution >= 0.6 is 11.6 Å². The lowest BCUT2D eigenvalue weighted by molar-refractivity contribution is -0.123. The third-order valence-electron chi connectivity index (χ3n) is 4.98. The minimum Gasteiger partial charge on any atom is -0.484 e. The van der Waals surface area contributed by atoms with Crippen LogP contribution in [0.25, 0.3) is 0 Å². The first-order chi connectivity index (χ1) is 13.0. The summed E-state index contributed by atoms with van der Waals surface area (Å²) in [5, 5.41) is 3.62. The Labute approximate surface area is 166 Å². The van der Waals surface area contributed by atoms with Crippen molar-refractivity contribution in [2.45, 2.75) is 32.7 Å². The summed E-state index contributed by atoms with van der Waals surface area (Å²) in [7, 11) is 0. The zero-order valence-corrected chi connectivity index (χ0v) is 16.7. The molecular formula is C22H27ClN2O2. The van der Waals surface area contributed by atoms with Gasteiger partial charge in [-0.15, -0.1) is 0 Å². The smallest absolute Gasteiger partial charge is 0.258 e. The van der Waals surface area contributed by atoms with Crippen molar-refractivity contribution in [1.82, 2.24) is 5.32 Å². The Kier molecular flexibility index (Phi) is 6.62. The third kappa shape index (κ3) is 5.64. The fraction of sp³-hybridized carbons (Fsp3) is 0.409. The van der Waals surface area contributed by atoms with Crippen molar-refractivity contribution in [3.05, 3.63) is 59.1 Å². The Morgan fingerprint density at radius 1 is 1.22 bits per heavy atom. The fourth-order valence-corrected chi connectivity index (χ4v) is 3.57. The van der Waals surface area contributed by atoms with Gasteiger partial charge in [-0.05, 0) is 67.6 Å². The summed E-state index contributed by atoms with van der Waals surface area (Å²) in [5.74, 6) is 1.23. The lowest BCUT2D eigenvalue weighted by Crippen LogP contribution is -2.34. The number of carbonyl (C=O) groups is 1. The molecule has 0 bridgehead atoms. The second kappa shape index (κ2) is 9.14. The topological polar surface area (TPSA) is 41.6 Å². The van der Waals surface area contributed by atoms with E-state index in [2.05, 4.69) is 41.4 Å². The summed E-state index contributed by atoms with van der Waals surface area (Å²) in [6.45, 7) is 6.52. The van der Waals surface area contributed by atoms with Crippen molar-refractivity contribution in [2.75, 3.05) is 24.6 Å². The molecule has 4 nitrogen and oxygen atoms in total. The van der Waals surface area contributed by atoms with Crippen molar-refractivity contribution in [3.63, 3.8) is 0 Å². The highest BCUT2D eigenvalue weighted by molar-refractivity contribution is 6.30. The van der Waals surface area contributed by atoms with E-state index in [1.807, 2.05) is 6.92 Å². The average Bonchev–Trinajstić information content (AvgIpc) is 2.67. The molecule has 1 fully saturated rings. The van der Waals surface area contributed by atoms with E-state index >= 15 is 0 Å². The Hall–Kier alpha value is -2.20. The number of ether oxygens (including phenoxy) is 1. The van der Waals surface area contributed by atoms with Crippen molar-refractivity contribution in [3.8, 4) is 5.75 Å². The van der Waals surface area contributed by atoms with Gasteiger partial charge in [0.1, 0.15) is 5.75 Å². The number of halogens is 1. The Morgan fingerprint density at radius 2 is 1.93 bits per heavy atom. The minimum absolute atomic E-state index is 0.0181. The molecule has 1 N–H and O–H groups in total. The van der Waals surface area contributed by atoms with E-state index < -0.39 is 0 Å². The van der Waals surface area contributed by atoms with Gasteiger partial charge in [-0.2, -0.15) is 0 Å². The van der Waals surface area contributed by atoms with E-state index in [1.54, 1.807) is 24.3 Å². The molecule has 27 heavy (non-hydrogen) atoms. The summed E-state index contributed by atoms with van der Waals surface area (Å²) in [5.41, 5.74) is 2.35. The summed E-state index contributed by atoms with van der Waals surface area (Å²) in [6.07, 6.45) is 2.57. The minimum atomic E-state index is -0.147. The van der Waals surface area contributed by atoms with Crippen LogP contribution in [0.2, 0.25) is 5.02 Å². The molecular weight excluding hydrogens is 360 g/mol. The zero-order chi connectivity index (χ0) is 19.2. The summed E-state index contributed by atoms with van der Waals surface area (Å²) in [6, 6.07) is 15.4. The quantitative estimate of drug-likeness (QED) is 0.772. The number of rotatable bonds is 6. The maximum atomic E-state index is 12.1. The number of benzene rings is 2. The highest BCUT2D eigenvalue weighted by atomic mass is 35.5. The number of piperidine rings is 1. The molecule has 5 heteroatoms. The molecule has 0 aliphatic carbocycles. The fourth-order valence-electron chi connectivity index (χ4n) is 3.44. The van der Waals surface area contributed by atoms with Gasteiger partial charge in [0, 0.05) is 23.8 Å². The van der Waals surface area contributed by atoms with Gasteiger partial charge in [-0.1, -0.05) is 30.7 Å². The zero-order valence-electron chi connectivity index (χ0n) is 16.0. The van der Waals surface area contributed by atoms with Gasteiger partial charge in [-0.3, -0.25) is 4.79 Å². The van der Waals surface area contributed by atoms with Crippen LogP contribution in [0.3, 0.4) is 0 Å². The largest absolute Gasteiger partial charge is 0.484 e. The first kappa shape index (κ1) is 19.6. The second-order valence-electron chi connectivity index (χ2n) is 7.32. The van der Waals surface area contributed by atoms with E-state index in [4.69, 9.17) is 16.3 Å². The molecule has 1 saturated heterocycles. The van der Waals surface area contributed by atoms with Gasteiger partial charge in [0.05, 0.1) is 6.04 Å². The Balaban J connectivity index is 1.50. The van der Waals surface area contributed by atoms with Gasteiger partial charge >= 0.3 is 0 Å². The summed E-state index contributed by atoms with van der Waals surface area (Å²) >= 11 is 5.84. The lowest BCUT2D eigenvalue weighted by Gasteiger charge is -2.33. The first-order valence-electron chi connectivity index (χ1n) is 9.54. The molecule has 1 heterocycles. The van der Waals surface area contributed by atoms with Crippen LogP contribution in [0.1, 0.15) is 38.3 Å². The van der Waals surface area contributed by atoms with Crippen molar-refractivity contribution < 1.29 is 9.53 Å². The van der Waals surface area contributed by atoms with Crippen LogP contribution in [0.4, 0.5) is 5.69 Å². The molecule has 2 aromatic rings. The molecule has 3 rings (SSSR count). The van der Waals surface area contributed by atoms with Gasteiger partial charge < -0.3 is 15.0 Å². The molecule has 0 radical (unpaired) electrons. The number of hydrogen-bond donors (Lipinski definition) is 1. The first-order valence-corrected chi connectivity index (χ1v) is 9.91. The molecule has 0 unspecified atom stereocenters. The van der Waals surface area contributed by atoms with E-state index in [0.717, 1.165) is 24.6 Å². The van der Waals surface area contributed by atoms with Crippen molar-refractivity contribution >= 4 is 23.2 Å². The molecule has 144 valence electrons. The predicted molar refractivity (Wildman–Crippen MR) is 111 cm³/mol. The van der Waals surface area contributed by atoms with Gasteiger partial charge in [0.2, 0.25) is 0 Å². The normalized spacial score (nSPS) is 18.0. The number of nitrogens with one attached hydrogen (secondary N) is 1. The highest BCUT2D eigenvalue weighted by Gasteiger charge is 2.17. The van der Waals surface area contributed by atoms with E-state index in [9.17, 15) is 4.79 Å². The number of carbonyl (C=O) groups excluding carboxylic acids is 1. The third-order valence-corrected chi connectivity index (χ3v) is 5.23. The number of nitrogens with zero attached hydrogens (tertiary/aromatic N) is 1. The molecule has 2 aromatic carbocycles. The SMILES string of the molecule is C[C@@H]1CCCN(c2ccc([C@@H](C)NC(=O)COc3ccc(Cl)cc3)cc2)C1. The standard InChI is InChI=1S/C22H27ClN2O2/c1-16-4-3-13-25(14-16)20-9-5-18(6-10-20)17(2)24-22(26)15-27-21-11-7-19(23)8-12-21/h5-12,16-17H,3-4,13-15H2,1-2H3,(H,24,26)/t16-,17-/m1/s1. The lowest BCUT2D eigenvalue weighted by atomic mass is 9.99. The molecule has 0 aromatic heterocycles. The second-order valence-corrected chi connectivity index (χ2v) is 7.75. The van der Waals surface area contributed by atoms with E-state index in [1.165, 1.54) is 18.5 Å². The molecule has 1 aliphatic rings. The number of amides is 1. The van der Waals surface area contributed by atoms with Gasteiger partial charge in [0.25, 0.3) is 5.91 Å². The van der Waals surface area contributed by atoms with E-state index in [-0.39, 0.29) is 18.6 Å². The number of hydrogen-bond acceptors (Lipinski definition) is 3. The Bertz CT molecular complexity index is 746. The molecule has 0 spiro atoms. The summed E-state index contributed by atoms with van der Waals surface area (Å²) < 4.78 is 5.49. The van der Waals surface area contributed by atoms with Crippen LogP contribution in [0, 0.1) is 5.92 Å². The number of anilines is 1. The van der Waals surface area contributed by atoms with Crippen molar-refractivity contribution in [2.24, 2.45) is 5.92 Å². The van der Waals surface area contributed by atoms with Crippen LogP contribution < -0.4 is 15.0 Å². The molecule has 1 aliphatic heterocycles. The molecule has 2 atom stereocenters. The van der Waals surface area contributed by atoms with Crippen molar-refractivity contribution in [1.29, 1.82) is 0 Å². The summed E-state index contributed by atoms with van der Waals surface area (Å²) in [4.78, 5) is 14.6. The molecule has 1 amide bonds. The van der Waals surface area contributed by atoms with Crippen LogP contribution in [-0.2, 0) is 4.79 Å². The van der Waals surface area contributed by atoms with Gasteiger partial charge in [-0.25, -0.2) is 0 Å². The average molecular weight is 387 g/mol. The monoisotopic (exact) mass is 386 g/mol. The maximum absolute atomic E-state index is 12.1. The molecule has 0 saturated carbocycles.